The number of benzene rings is 3. The van der Waals surface area contributed by atoms with E-state index in [0.29, 0.717) is 23.0 Å². The summed E-state index contributed by atoms with van der Waals surface area (Å²) in [5, 5.41) is 2.77. The summed E-state index contributed by atoms with van der Waals surface area (Å²) in [6.07, 6.45) is 0. The summed E-state index contributed by atoms with van der Waals surface area (Å²) in [6.45, 7) is 1.59. The molecule has 0 saturated heterocycles. The van der Waals surface area contributed by atoms with Crippen molar-refractivity contribution in [2.45, 2.75) is 18.4 Å². The number of aryl methyl sites for hydroxylation is 1. The van der Waals surface area contributed by atoms with E-state index in [1.165, 1.54) is 46.6 Å². The molecule has 0 bridgehead atoms. The fourth-order valence-corrected chi connectivity index (χ4v) is 4.92. The third-order valence-corrected chi connectivity index (χ3v) is 7.28. The number of carbonyl (C=O) groups is 1. The summed E-state index contributed by atoms with van der Waals surface area (Å²) in [5.74, 6) is 1.38. The van der Waals surface area contributed by atoms with Crippen molar-refractivity contribution >= 4 is 21.6 Å². The van der Waals surface area contributed by atoms with E-state index in [4.69, 9.17) is 18.9 Å². The van der Waals surface area contributed by atoms with Crippen LogP contribution in [0.25, 0.3) is 0 Å². The van der Waals surface area contributed by atoms with Crippen LogP contribution >= 0.6 is 0 Å². The minimum Gasteiger partial charge on any atom is -0.493 e. The zero-order valence-electron chi connectivity index (χ0n) is 20.9. The maximum absolute atomic E-state index is 13.6. The highest BCUT2D eigenvalue weighted by molar-refractivity contribution is 7.92. The smallest absolute Gasteiger partial charge is 0.264 e. The first-order valence-corrected chi connectivity index (χ1v) is 12.5. The van der Waals surface area contributed by atoms with Crippen LogP contribution in [-0.4, -0.2) is 49.3 Å². The first-order chi connectivity index (χ1) is 17.2. The van der Waals surface area contributed by atoms with E-state index in [-0.39, 0.29) is 17.1 Å². The quantitative estimate of drug-likeness (QED) is 0.417. The lowest BCUT2D eigenvalue weighted by Crippen LogP contribution is -2.40. The third-order valence-electron chi connectivity index (χ3n) is 5.49. The fourth-order valence-electron chi connectivity index (χ4n) is 3.51. The number of ether oxygens (including phenoxy) is 4. The van der Waals surface area contributed by atoms with Crippen molar-refractivity contribution in [2.24, 2.45) is 0 Å². The van der Waals surface area contributed by atoms with Crippen LogP contribution in [0.1, 0.15) is 11.1 Å². The van der Waals surface area contributed by atoms with Crippen molar-refractivity contribution in [2.75, 3.05) is 39.3 Å². The van der Waals surface area contributed by atoms with Crippen LogP contribution in [-0.2, 0) is 21.4 Å². The van der Waals surface area contributed by atoms with Crippen LogP contribution in [0.2, 0.25) is 0 Å². The summed E-state index contributed by atoms with van der Waals surface area (Å²) in [7, 11) is 1.93. The van der Waals surface area contributed by atoms with Gasteiger partial charge in [0, 0.05) is 12.6 Å². The summed E-state index contributed by atoms with van der Waals surface area (Å²) < 4.78 is 49.4. The minimum absolute atomic E-state index is 0.0653. The summed E-state index contributed by atoms with van der Waals surface area (Å²) >= 11 is 0. The van der Waals surface area contributed by atoms with E-state index in [1.54, 1.807) is 42.5 Å². The van der Waals surface area contributed by atoms with Crippen LogP contribution < -0.4 is 28.6 Å². The van der Waals surface area contributed by atoms with E-state index in [0.717, 1.165) is 15.4 Å². The molecule has 0 saturated carbocycles. The number of rotatable bonds is 11. The average Bonchev–Trinajstić information content (AvgIpc) is 2.90. The lowest BCUT2D eigenvalue weighted by atomic mass is 10.2. The molecule has 0 radical (unpaired) electrons. The highest BCUT2D eigenvalue weighted by Gasteiger charge is 2.28. The molecule has 3 rings (SSSR count). The molecule has 0 spiro atoms. The molecular formula is C26H30N2O7S. The molecule has 0 aliphatic carbocycles. The second-order valence-corrected chi connectivity index (χ2v) is 9.69. The number of sulfonamides is 1. The maximum atomic E-state index is 13.6. The third kappa shape index (κ3) is 6.01. The van der Waals surface area contributed by atoms with Crippen molar-refractivity contribution in [3.05, 3.63) is 71.8 Å². The monoisotopic (exact) mass is 514 g/mol. The van der Waals surface area contributed by atoms with Gasteiger partial charge in [0.25, 0.3) is 10.0 Å². The Balaban J connectivity index is 1.90. The number of carbonyl (C=O) groups excluding carboxylic acids is 1. The largest absolute Gasteiger partial charge is 0.493 e. The number of nitrogens with one attached hydrogen (secondary N) is 1. The van der Waals surface area contributed by atoms with Crippen molar-refractivity contribution < 1.29 is 32.2 Å². The molecule has 192 valence electrons. The summed E-state index contributed by atoms with van der Waals surface area (Å²) in [6, 6.07) is 16.4. The molecule has 0 aliphatic heterocycles. The van der Waals surface area contributed by atoms with E-state index in [2.05, 4.69) is 5.32 Å². The van der Waals surface area contributed by atoms with Gasteiger partial charge in [-0.25, -0.2) is 8.42 Å². The summed E-state index contributed by atoms with van der Waals surface area (Å²) in [5.41, 5.74) is 1.94. The molecule has 0 heterocycles. The Kier molecular flexibility index (Phi) is 8.65. The van der Waals surface area contributed by atoms with Gasteiger partial charge in [-0.1, -0.05) is 23.8 Å². The van der Waals surface area contributed by atoms with Gasteiger partial charge in [-0.3, -0.25) is 9.10 Å². The van der Waals surface area contributed by atoms with Gasteiger partial charge < -0.3 is 24.3 Å². The van der Waals surface area contributed by atoms with Crippen LogP contribution in [0.3, 0.4) is 0 Å². The van der Waals surface area contributed by atoms with Gasteiger partial charge in [0.15, 0.2) is 23.0 Å². The molecule has 3 aromatic carbocycles. The van der Waals surface area contributed by atoms with Crippen molar-refractivity contribution in [1.29, 1.82) is 0 Å². The van der Waals surface area contributed by atoms with Gasteiger partial charge >= 0.3 is 0 Å². The van der Waals surface area contributed by atoms with Crippen molar-refractivity contribution in [3.8, 4) is 23.0 Å². The molecular weight excluding hydrogens is 484 g/mol. The number of hydrogen-bond donors (Lipinski definition) is 1. The van der Waals surface area contributed by atoms with Crippen LogP contribution in [0.5, 0.6) is 23.0 Å². The molecule has 0 aromatic heterocycles. The highest BCUT2D eigenvalue weighted by atomic mass is 32.2. The predicted octanol–water partition coefficient (Wildman–Crippen LogP) is 3.54. The predicted molar refractivity (Wildman–Crippen MR) is 137 cm³/mol. The Labute approximate surface area is 211 Å². The Morgan fingerprint density at radius 1 is 0.778 bits per heavy atom. The molecule has 36 heavy (non-hydrogen) atoms. The van der Waals surface area contributed by atoms with Gasteiger partial charge in [0.2, 0.25) is 5.91 Å². The minimum atomic E-state index is -4.07. The number of amides is 1. The molecule has 0 atom stereocenters. The zero-order chi connectivity index (χ0) is 26.3. The lowest BCUT2D eigenvalue weighted by Gasteiger charge is -2.25. The van der Waals surface area contributed by atoms with Crippen LogP contribution in [0.4, 0.5) is 5.69 Å². The molecule has 0 fully saturated rings. The number of nitrogens with zero attached hydrogens (tertiary/aromatic N) is 1. The van der Waals surface area contributed by atoms with E-state index in [9.17, 15) is 13.2 Å². The molecule has 9 nitrogen and oxygen atoms in total. The molecule has 3 aromatic rings. The maximum Gasteiger partial charge on any atom is 0.264 e. The first kappa shape index (κ1) is 26.7. The van der Waals surface area contributed by atoms with Crippen LogP contribution in [0, 0.1) is 6.92 Å². The molecule has 1 N–H and O–H groups in total. The Morgan fingerprint density at radius 3 is 1.92 bits per heavy atom. The van der Waals surface area contributed by atoms with Gasteiger partial charge in [0.05, 0.1) is 39.0 Å². The van der Waals surface area contributed by atoms with Crippen molar-refractivity contribution in [1.82, 2.24) is 5.32 Å². The average molecular weight is 515 g/mol. The lowest BCUT2D eigenvalue weighted by molar-refractivity contribution is -0.119. The van der Waals surface area contributed by atoms with Crippen molar-refractivity contribution in [3.63, 3.8) is 0 Å². The fraction of sp³-hybridized carbons (Fsp3) is 0.269. The van der Waals surface area contributed by atoms with E-state index in [1.807, 2.05) is 6.92 Å². The molecule has 0 unspecified atom stereocenters. The van der Waals surface area contributed by atoms with Crippen LogP contribution in [0.15, 0.2) is 65.6 Å². The van der Waals surface area contributed by atoms with E-state index >= 15 is 0 Å². The van der Waals surface area contributed by atoms with Gasteiger partial charge in [-0.2, -0.15) is 0 Å². The molecule has 1 amide bonds. The number of anilines is 1. The second kappa shape index (κ2) is 11.7. The highest BCUT2D eigenvalue weighted by Crippen LogP contribution is 2.34. The molecule has 10 heteroatoms. The molecule has 0 aliphatic rings. The number of hydrogen-bond acceptors (Lipinski definition) is 7. The standard InChI is InChI=1S/C26H30N2O7S/c1-18-6-10-21(11-7-18)36(30,31)28(20-9-13-23(33-3)25(15-20)35-5)17-26(29)27-16-19-8-12-22(32-2)24(14-19)34-4/h6-15H,16-17H2,1-5H3,(H,27,29). The zero-order valence-corrected chi connectivity index (χ0v) is 21.7. The Hall–Kier alpha value is -3.92. The van der Waals surface area contributed by atoms with Gasteiger partial charge in [-0.05, 0) is 48.9 Å². The van der Waals surface area contributed by atoms with E-state index < -0.39 is 22.5 Å². The first-order valence-electron chi connectivity index (χ1n) is 11.0. The Morgan fingerprint density at radius 2 is 1.33 bits per heavy atom. The Bertz CT molecular complexity index is 1310. The summed E-state index contributed by atoms with van der Waals surface area (Å²) in [4.78, 5) is 13.0. The number of methoxy groups -OCH3 is 4. The normalized spacial score (nSPS) is 10.9. The van der Waals surface area contributed by atoms with Gasteiger partial charge in [0.1, 0.15) is 6.54 Å². The second-order valence-electron chi connectivity index (χ2n) is 7.83. The van der Waals surface area contributed by atoms with Gasteiger partial charge in [-0.15, -0.1) is 0 Å². The topological polar surface area (TPSA) is 103 Å². The SMILES string of the molecule is COc1ccc(CNC(=O)CN(c2ccc(OC)c(OC)c2)S(=O)(=O)c2ccc(C)cc2)cc1OC.